The number of rotatable bonds is 1. The van der Waals surface area contributed by atoms with Gasteiger partial charge in [-0.15, -0.1) is 11.8 Å². The minimum Gasteiger partial charge on any atom is -0.375 e. The van der Waals surface area contributed by atoms with Gasteiger partial charge in [-0.3, -0.25) is 0 Å². The van der Waals surface area contributed by atoms with E-state index in [0.29, 0.717) is 0 Å². The fraction of sp³-hybridized carbons (Fsp3) is 0.333. The maximum absolute atomic E-state index is 3.40. The van der Waals surface area contributed by atoms with Crippen LogP contribution in [0.5, 0.6) is 0 Å². The van der Waals surface area contributed by atoms with E-state index in [1.165, 1.54) is 28.0 Å². The summed E-state index contributed by atoms with van der Waals surface area (Å²) in [5, 5.41) is 5.61. The largest absolute Gasteiger partial charge is 0.375 e. The first-order valence-corrected chi connectivity index (χ1v) is 5.87. The van der Waals surface area contributed by atoms with Crippen molar-refractivity contribution in [2.24, 2.45) is 0 Å². The van der Waals surface area contributed by atoms with Crippen molar-refractivity contribution in [3.05, 3.63) is 39.8 Å². The summed E-state index contributed by atoms with van der Waals surface area (Å²) in [6.45, 7) is 6.51. The topological polar surface area (TPSA) is 12.0 Å². The van der Waals surface area contributed by atoms with Crippen molar-refractivity contribution in [1.82, 2.24) is 5.32 Å². The zero-order valence-electron chi connectivity index (χ0n) is 8.85. The Kier molecular flexibility index (Phi) is 2.55. The molecule has 0 unspecified atom stereocenters. The van der Waals surface area contributed by atoms with Crippen molar-refractivity contribution < 1.29 is 0 Å². The van der Waals surface area contributed by atoms with Crippen LogP contribution in [0.1, 0.15) is 22.3 Å². The second-order valence-corrected chi connectivity index (χ2v) is 4.65. The Hall–Kier alpha value is -0.890. The highest BCUT2D eigenvalue weighted by Gasteiger charge is 2.11. The van der Waals surface area contributed by atoms with Gasteiger partial charge in [0.1, 0.15) is 0 Å². The van der Waals surface area contributed by atoms with Gasteiger partial charge in [0.2, 0.25) is 0 Å². The average Bonchev–Trinajstić information content (AvgIpc) is 2.54. The van der Waals surface area contributed by atoms with Crippen LogP contribution >= 0.6 is 11.8 Å². The molecule has 0 bridgehead atoms. The molecule has 14 heavy (non-hydrogen) atoms. The number of hydrogen-bond donors (Lipinski definition) is 1. The molecule has 1 aliphatic heterocycles. The highest BCUT2D eigenvalue weighted by molar-refractivity contribution is 8.02. The van der Waals surface area contributed by atoms with Gasteiger partial charge in [0, 0.05) is 11.3 Å². The lowest BCUT2D eigenvalue weighted by Crippen LogP contribution is -2.08. The highest BCUT2D eigenvalue weighted by atomic mass is 32.2. The van der Waals surface area contributed by atoms with E-state index in [-0.39, 0.29) is 0 Å². The van der Waals surface area contributed by atoms with Gasteiger partial charge in [-0.1, -0.05) is 17.7 Å². The molecular weight excluding hydrogens is 190 g/mol. The molecule has 2 heteroatoms. The predicted octanol–water partition coefficient (Wildman–Crippen LogP) is 3.20. The summed E-state index contributed by atoms with van der Waals surface area (Å²) in [6, 6.07) is 4.49. The first-order valence-electron chi connectivity index (χ1n) is 4.82. The van der Waals surface area contributed by atoms with Crippen LogP contribution in [0.4, 0.5) is 0 Å². The van der Waals surface area contributed by atoms with Crippen LogP contribution in [-0.4, -0.2) is 5.88 Å². The minimum absolute atomic E-state index is 1.00. The molecule has 0 amide bonds. The molecule has 1 heterocycles. The van der Waals surface area contributed by atoms with E-state index in [2.05, 4.69) is 43.6 Å². The summed E-state index contributed by atoms with van der Waals surface area (Å²) in [7, 11) is 0. The molecule has 0 fully saturated rings. The van der Waals surface area contributed by atoms with Gasteiger partial charge in [-0.25, -0.2) is 0 Å². The Bertz CT molecular complexity index is 370. The third kappa shape index (κ3) is 1.67. The number of aryl methyl sites for hydroxylation is 3. The second kappa shape index (κ2) is 3.70. The number of benzene rings is 1. The Morgan fingerprint density at radius 1 is 1.14 bits per heavy atom. The molecule has 0 spiro atoms. The third-order valence-electron chi connectivity index (χ3n) is 2.49. The number of hydrogen-bond acceptors (Lipinski definition) is 2. The summed E-state index contributed by atoms with van der Waals surface area (Å²) in [5.74, 6) is 1.00. The van der Waals surface area contributed by atoms with Gasteiger partial charge in [-0.2, -0.15) is 0 Å². The van der Waals surface area contributed by atoms with Gasteiger partial charge in [0.15, 0.2) is 0 Å². The fourth-order valence-electron chi connectivity index (χ4n) is 2.04. The maximum Gasteiger partial charge on any atom is 0.0652 e. The second-order valence-electron chi connectivity index (χ2n) is 3.79. The summed E-state index contributed by atoms with van der Waals surface area (Å²) in [5.41, 5.74) is 6.73. The van der Waals surface area contributed by atoms with E-state index < -0.39 is 0 Å². The maximum atomic E-state index is 3.40. The molecule has 1 aliphatic rings. The standard InChI is InChI=1S/C12H15NS/c1-8-4-9(2)12(10(3)5-8)11-6-14-7-13-11/h4-6,13H,7H2,1-3H3. The molecule has 1 aromatic rings. The lowest BCUT2D eigenvalue weighted by atomic mass is 9.98. The molecular formula is C12H15NS. The smallest absolute Gasteiger partial charge is 0.0652 e. The van der Waals surface area contributed by atoms with Crippen LogP contribution in [0.15, 0.2) is 17.5 Å². The molecule has 0 radical (unpaired) electrons. The Balaban J connectivity index is 2.52. The minimum atomic E-state index is 1.00. The van der Waals surface area contributed by atoms with Gasteiger partial charge in [-0.05, 0) is 37.3 Å². The fourth-order valence-corrected chi connectivity index (χ4v) is 2.73. The quantitative estimate of drug-likeness (QED) is 0.755. The average molecular weight is 205 g/mol. The van der Waals surface area contributed by atoms with Gasteiger partial charge >= 0.3 is 0 Å². The van der Waals surface area contributed by atoms with Crippen LogP contribution in [0.25, 0.3) is 5.70 Å². The summed E-state index contributed by atoms with van der Waals surface area (Å²) < 4.78 is 0. The molecule has 0 saturated heterocycles. The van der Waals surface area contributed by atoms with Crippen LogP contribution in [0.3, 0.4) is 0 Å². The van der Waals surface area contributed by atoms with E-state index in [1.807, 2.05) is 11.8 Å². The normalized spacial score (nSPS) is 15.2. The molecule has 0 aliphatic carbocycles. The molecule has 74 valence electrons. The number of nitrogens with one attached hydrogen (secondary N) is 1. The first kappa shape index (κ1) is 9.66. The zero-order chi connectivity index (χ0) is 10.1. The van der Waals surface area contributed by atoms with Crippen molar-refractivity contribution >= 4 is 17.5 Å². The van der Waals surface area contributed by atoms with Crippen molar-refractivity contribution in [1.29, 1.82) is 0 Å². The van der Waals surface area contributed by atoms with E-state index in [1.54, 1.807) is 0 Å². The van der Waals surface area contributed by atoms with E-state index in [0.717, 1.165) is 5.88 Å². The Morgan fingerprint density at radius 3 is 2.29 bits per heavy atom. The van der Waals surface area contributed by atoms with Crippen LogP contribution < -0.4 is 5.32 Å². The Labute approximate surface area is 89.6 Å². The van der Waals surface area contributed by atoms with Gasteiger partial charge < -0.3 is 5.32 Å². The van der Waals surface area contributed by atoms with Crippen LogP contribution in [-0.2, 0) is 0 Å². The zero-order valence-corrected chi connectivity index (χ0v) is 9.66. The van der Waals surface area contributed by atoms with Crippen molar-refractivity contribution in [3.8, 4) is 0 Å². The molecule has 0 saturated carbocycles. The van der Waals surface area contributed by atoms with Crippen LogP contribution in [0, 0.1) is 20.8 Å². The van der Waals surface area contributed by atoms with E-state index >= 15 is 0 Å². The molecule has 1 nitrogen and oxygen atoms in total. The number of thioether (sulfide) groups is 1. The van der Waals surface area contributed by atoms with E-state index in [9.17, 15) is 0 Å². The van der Waals surface area contributed by atoms with Crippen LogP contribution in [0.2, 0.25) is 0 Å². The lowest BCUT2D eigenvalue weighted by Gasteiger charge is -2.12. The van der Waals surface area contributed by atoms with Crippen molar-refractivity contribution in [3.63, 3.8) is 0 Å². The molecule has 2 rings (SSSR count). The summed E-state index contributed by atoms with van der Waals surface area (Å²) >= 11 is 1.83. The Morgan fingerprint density at radius 2 is 1.79 bits per heavy atom. The third-order valence-corrected chi connectivity index (χ3v) is 3.21. The van der Waals surface area contributed by atoms with E-state index in [4.69, 9.17) is 0 Å². The summed E-state index contributed by atoms with van der Waals surface area (Å²) in [6.07, 6.45) is 0. The molecule has 1 N–H and O–H groups in total. The highest BCUT2D eigenvalue weighted by Crippen LogP contribution is 2.27. The monoisotopic (exact) mass is 205 g/mol. The van der Waals surface area contributed by atoms with Crippen molar-refractivity contribution in [2.75, 3.05) is 5.88 Å². The molecule has 0 atom stereocenters. The van der Waals surface area contributed by atoms with Crippen molar-refractivity contribution in [2.45, 2.75) is 20.8 Å². The molecule has 0 aromatic heterocycles. The molecule has 1 aromatic carbocycles. The summed E-state index contributed by atoms with van der Waals surface area (Å²) in [4.78, 5) is 0. The van der Waals surface area contributed by atoms with Gasteiger partial charge in [0.05, 0.1) is 5.88 Å². The lowest BCUT2D eigenvalue weighted by molar-refractivity contribution is 1.09. The first-order chi connectivity index (χ1) is 6.68. The predicted molar refractivity (Wildman–Crippen MR) is 64.2 cm³/mol. The SMILES string of the molecule is Cc1cc(C)c(C2=CSCN2)c(C)c1. The van der Waals surface area contributed by atoms with Gasteiger partial charge in [0.25, 0.3) is 0 Å².